The third kappa shape index (κ3) is 2.74. The molecule has 4 aromatic rings. The fourth-order valence-electron chi connectivity index (χ4n) is 2.35. The summed E-state index contributed by atoms with van der Waals surface area (Å²) in [6.45, 7) is 2.36. The lowest BCUT2D eigenvalue weighted by Crippen LogP contribution is -1.98. The van der Waals surface area contributed by atoms with E-state index in [0.29, 0.717) is 17.4 Å². The van der Waals surface area contributed by atoms with Gasteiger partial charge in [0, 0.05) is 5.56 Å². The first-order chi connectivity index (χ1) is 11.7. The number of benzene rings is 2. The number of halogens is 1. The van der Waals surface area contributed by atoms with Gasteiger partial charge in [0.1, 0.15) is 18.2 Å². The van der Waals surface area contributed by atoms with Crippen LogP contribution in [0.1, 0.15) is 10.6 Å². The number of rotatable bonds is 4. The van der Waals surface area contributed by atoms with Crippen LogP contribution in [0.5, 0.6) is 5.75 Å². The van der Waals surface area contributed by atoms with E-state index < -0.39 is 0 Å². The van der Waals surface area contributed by atoms with Gasteiger partial charge in [-0.2, -0.15) is 9.61 Å². The maximum atomic E-state index is 13.1. The molecule has 0 aliphatic carbocycles. The molecule has 0 aliphatic rings. The SMILES string of the molecule is Cc1ccccc1OCc1nn2c(-c3ccc(F)cc3)nnc2s1. The monoisotopic (exact) mass is 340 g/mol. The average molecular weight is 340 g/mol. The van der Waals surface area contributed by atoms with Gasteiger partial charge in [-0.1, -0.05) is 29.5 Å². The number of nitrogens with zero attached hydrogens (tertiary/aromatic N) is 4. The second-order valence-electron chi connectivity index (χ2n) is 5.27. The van der Waals surface area contributed by atoms with Gasteiger partial charge in [-0.3, -0.25) is 0 Å². The molecule has 2 aromatic carbocycles. The summed E-state index contributed by atoms with van der Waals surface area (Å²) in [4.78, 5) is 0.678. The molecule has 0 aliphatic heterocycles. The first-order valence-corrected chi connectivity index (χ1v) is 8.18. The molecule has 0 unspecified atom stereocenters. The molecule has 2 aromatic heterocycles. The summed E-state index contributed by atoms with van der Waals surface area (Å²) in [5, 5.41) is 13.6. The predicted octanol–water partition coefficient (Wildman–Crippen LogP) is 3.88. The number of ether oxygens (including phenoxy) is 1. The van der Waals surface area contributed by atoms with E-state index in [9.17, 15) is 4.39 Å². The highest BCUT2D eigenvalue weighted by atomic mass is 32.1. The molecule has 0 amide bonds. The van der Waals surface area contributed by atoms with E-state index in [1.54, 1.807) is 16.6 Å². The van der Waals surface area contributed by atoms with E-state index in [-0.39, 0.29) is 5.82 Å². The molecule has 0 radical (unpaired) electrons. The van der Waals surface area contributed by atoms with Gasteiger partial charge in [0.2, 0.25) is 4.96 Å². The van der Waals surface area contributed by atoms with Gasteiger partial charge in [-0.15, -0.1) is 10.2 Å². The number of fused-ring (bicyclic) bond motifs is 1. The Morgan fingerprint density at radius 1 is 1.08 bits per heavy atom. The molecule has 24 heavy (non-hydrogen) atoms. The molecular weight excluding hydrogens is 327 g/mol. The van der Waals surface area contributed by atoms with Gasteiger partial charge in [0.15, 0.2) is 10.8 Å². The molecule has 120 valence electrons. The number of para-hydroxylation sites is 1. The fraction of sp³-hybridized carbons (Fsp3) is 0.118. The second kappa shape index (κ2) is 6.01. The van der Waals surface area contributed by atoms with Crippen LogP contribution >= 0.6 is 11.3 Å². The summed E-state index contributed by atoms with van der Waals surface area (Å²) in [5.41, 5.74) is 1.84. The Hall–Kier alpha value is -2.80. The third-order valence-electron chi connectivity index (χ3n) is 3.58. The van der Waals surface area contributed by atoms with E-state index in [1.165, 1.54) is 23.5 Å². The van der Waals surface area contributed by atoms with Crippen molar-refractivity contribution in [1.82, 2.24) is 19.8 Å². The fourth-order valence-corrected chi connectivity index (χ4v) is 3.10. The molecule has 0 spiro atoms. The Balaban J connectivity index is 1.60. The van der Waals surface area contributed by atoms with Gasteiger partial charge < -0.3 is 4.74 Å². The van der Waals surface area contributed by atoms with Gasteiger partial charge in [0.25, 0.3) is 0 Å². The standard InChI is InChI=1S/C17H13FN4OS/c1-11-4-2-3-5-14(11)23-10-15-21-22-16(19-20-17(22)24-15)12-6-8-13(18)9-7-12/h2-9H,10H2,1H3. The minimum absolute atomic E-state index is 0.287. The lowest BCUT2D eigenvalue weighted by molar-refractivity contribution is 0.302. The average Bonchev–Trinajstić information content (AvgIpc) is 3.15. The van der Waals surface area contributed by atoms with E-state index in [2.05, 4.69) is 15.3 Å². The first kappa shape index (κ1) is 14.8. The largest absolute Gasteiger partial charge is 0.486 e. The Morgan fingerprint density at radius 2 is 1.88 bits per heavy atom. The van der Waals surface area contributed by atoms with Crippen molar-refractivity contribution in [3.63, 3.8) is 0 Å². The normalized spacial score (nSPS) is 11.1. The number of hydrogen-bond donors (Lipinski definition) is 0. The zero-order valence-corrected chi connectivity index (χ0v) is 13.6. The molecule has 0 saturated carbocycles. The van der Waals surface area contributed by atoms with Crippen molar-refractivity contribution >= 4 is 16.3 Å². The second-order valence-corrected chi connectivity index (χ2v) is 6.32. The van der Waals surface area contributed by atoms with Crippen LogP contribution in [0.4, 0.5) is 4.39 Å². The summed E-state index contributed by atoms with van der Waals surface area (Å²) in [6.07, 6.45) is 0. The first-order valence-electron chi connectivity index (χ1n) is 7.36. The van der Waals surface area contributed by atoms with Crippen LogP contribution in [0.3, 0.4) is 0 Å². The smallest absolute Gasteiger partial charge is 0.235 e. The van der Waals surface area contributed by atoms with Crippen molar-refractivity contribution < 1.29 is 9.13 Å². The molecule has 2 heterocycles. The summed E-state index contributed by atoms with van der Waals surface area (Å²) in [7, 11) is 0. The van der Waals surface area contributed by atoms with E-state index in [0.717, 1.165) is 21.9 Å². The molecule has 0 N–H and O–H groups in total. The number of aromatic nitrogens is 4. The van der Waals surface area contributed by atoms with Gasteiger partial charge >= 0.3 is 0 Å². The molecule has 0 atom stereocenters. The van der Waals surface area contributed by atoms with Crippen molar-refractivity contribution in [3.8, 4) is 17.1 Å². The Kier molecular flexibility index (Phi) is 3.70. The van der Waals surface area contributed by atoms with Crippen LogP contribution in [0, 0.1) is 12.7 Å². The van der Waals surface area contributed by atoms with E-state index >= 15 is 0 Å². The quantitative estimate of drug-likeness (QED) is 0.566. The van der Waals surface area contributed by atoms with Crippen LogP contribution in [0.25, 0.3) is 16.3 Å². The zero-order valence-electron chi connectivity index (χ0n) is 12.8. The van der Waals surface area contributed by atoms with Crippen LogP contribution < -0.4 is 4.74 Å². The lowest BCUT2D eigenvalue weighted by atomic mass is 10.2. The maximum Gasteiger partial charge on any atom is 0.235 e. The van der Waals surface area contributed by atoms with Crippen LogP contribution in [0.2, 0.25) is 0 Å². The highest BCUT2D eigenvalue weighted by Gasteiger charge is 2.14. The van der Waals surface area contributed by atoms with Gasteiger partial charge in [0.05, 0.1) is 0 Å². The summed E-state index contributed by atoms with van der Waals surface area (Å²) in [5.74, 6) is 1.13. The Bertz CT molecular complexity index is 993. The van der Waals surface area contributed by atoms with Crippen molar-refractivity contribution in [2.75, 3.05) is 0 Å². The molecule has 4 rings (SSSR count). The maximum absolute atomic E-state index is 13.1. The van der Waals surface area contributed by atoms with E-state index in [4.69, 9.17) is 4.74 Å². The molecule has 0 bridgehead atoms. The topological polar surface area (TPSA) is 52.3 Å². The summed E-state index contributed by atoms with van der Waals surface area (Å²) in [6, 6.07) is 14.0. The molecule has 0 saturated heterocycles. The number of hydrogen-bond acceptors (Lipinski definition) is 5. The number of aryl methyl sites for hydroxylation is 1. The highest BCUT2D eigenvalue weighted by molar-refractivity contribution is 7.16. The molecule has 7 heteroatoms. The van der Waals surface area contributed by atoms with Crippen LogP contribution in [-0.4, -0.2) is 19.8 Å². The van der Waals surface area contributed by atoms with Gasteiger partial charge in [-0.25, -0.2) is 4.39 Å². The van der Waals surface area contributed by atoms with Crippen LogP contribution in [-0.2, 0) is 6.61 Å². The Labute approximate surface area is 141 Å². The predicted molar refractivity (Wildman–Crippen MR) is 89.6 cm³/mol. The van der Waals surface area contributed by atoms with Crippen molar-refractivity contribution in [3.05, 3.63) is 64.9 Å². The Morgan fingerprint density at radius 3 is 2.67 bits per heavy atom. The van der Waals surface area contributed by atoms with Crippen LogP contribution in [0.15, 0.2) is 48.5 Å². The van der Waals surface area contributed by atoms with E-state index in [1.807, 2.05) is 31.2 Å². The van der Waals surface area contributed by atoms with Crippen molar-refractivity contribution in [2.24, 2.45) is 0 Å². The highest BCUT2D eigenvalue weighted by Crippen LogP contribution is 2.23. The summed E-state index contributed by atoms with van der Waals surface area (Å²) < 4.78 is 20.5. The minimum Gasteiger partial charge on any atom is -0.486 e. The molecule has 0 fully saturated rings. The molecule has 5 nitrogen and oxygen atoms in total. The van der Waals surface area contributed by atoms with Crippen molar-refractivity contribution in [2.45, 2.75) is 13.5 Å². The zero-order chi connectivity index (χ0) is 16.5. The lowest BCUT2D eigenvalue weighted by Gasteiger charge is -2.06. The minimum atomic E-state index is -0.287. The summed E-state index contributed by atoms with van der Waals surface area (Å²) >= 11 is 1.42. The van der Waals surface area contributed by atoms with Crippen molar-refractivity contribution in [1.29, 1.82) is 0 Å². The van der Waals surface area contributed by atoms with Gasteiger partial charge in [-0.05, 0) is 42.8 Å². The molecular formula is C17H13FN4OS. The third-order valence-corrected chi connectivity index (χ3v) is 4.45.